The van der Waals surface area contributed by atoms with Gasteiger partial charge in [0, 0.05) is 31.7 Å². The van der Waals surface area contributed by atoms with Gasteiger partial charge in [0.25, 0.3) is 11.7 Å². The van der Waals surface area contributed by atoms with Gasteiger partial charge in [-0.3, -0.25) is 14.5 Å². The van der Waals surface area contributed by atoms with Crippen LogP contribution in [0, 0.1) is 6.92 Å². The van der Waals surface area contributed by atoms with Crippen LogP contribution in [-0.2, 0) is 14.3 Å². The van der Waals surface area contributed by atoms with Crippen LogP contribution in [0.5, 0.6) is 17.2 Å². The molecule has 0 aliphatic carbocycles. The summed E-state index contributed by atoms with van der Waals surface area (Å²) in [5.74, 6) is 0.0899. The number of rotatable bonds is 9. The van der Waals surface area contributed by atoms with Gasteiger partial charge in [-0.25, -0.2) is 0 Å². The standard InChI is InChI=1S/C28H34N2O7/c1-5-37-20-7-8-21(18(2)16-20)26(31)24-25(19-6-9-22(34-3)23(17-19)35-4)30(28(33)27(24)32)11-10-29-12-14-36-15-13-29/h6-9,16-17,25,31H,5,10-15H2,1-4H3/t25-/m0/s1. The molecule has 2 heterocycles. The van der Waals surface area contributed by atoms with Crippen molar-refractivity contribution in [2.75, 3.05) is 60.2 Å². The zero-order valence-electron chi connectivity index (χ0n) is 21.8. The lowest BCUT2D eigenvalue weighted by molar-refractivity contribution is -0.140. The summed E-state index contributed by atoms with van der Waals surface area (Å²) in [6, 6.07) is 9.74. The Bertz CT molecular complexity index is 1190. The third-order valence-electron chi connectivity index (χ3n) is 6.79. The highest BCUT2D eigenvalue weighted by Gasteiger charge is 2.46. The van der Waals surface area contributed by atoms with E-state index in [2.05, 4.69) is 4.90 Å². The van der Waals surface area contributed by atoms with Gasteiger partial charge in [-0.1, -0.05) is 6.07 Å². The number of aryl methyl sites for hydroxylation is 1. The molecule has 0 bridgehead atoms. The molecule has 1 atom stereocenters. The largest absolute Gasteiger partial charge is 0.507 e. The fraction of sp³-hybridized carbons (Fsp3) is 0.429. The Morgan fingerprint density at radius 3 is 2.41 bits per heavy atom. The molecular weight excluding hydrogens is 476 g/mol. The topological polar surface area (TPSA) is 97.8 Å². The molecule has 198 valence electrons. The van der Waals surface area contributed by atoms with E-state index in [0.717, 1.165) is 18.7 Å². The second kappa shape index (κ2) is 11.7. The zero-order chi connectivity index (χ0) is 26.5. The minimum Gasteiger partial charge on any atom is -0.507 e. The van der Waals surface area contributed by atoms with E-state index in [1.54, 1.807) is 43.5 Å². The molecule has 2 aliphatic rings. The van der Waals surface area contributed by atoms with Crippen LogP contribution in [0.4, 0.5) is 0 Å². The average Bonchev–Trinajstić information content (AvgIpc) is 3.17. The molecule has 2 aromatic rings. The SMILES string of the molecule is CCOc1ccc(C(O)=C2C(=O)C(=O)N(CCN3CCOCC3)[C@H]2c2ccc(OC)c(OC)c2)c(C)c1. The Hall–Kier alpha value is -3.56. The summed E-state index contributed by atoms with van der Waals surface area (Å²) in [7, 11) is 3.07. The molecule has 1 N–H and O–H groups in total. The molecule has 9 heteroatoms. The summed E-state index contributed by atoms with van der Waals surface area (Å²) >= 11 is 0. The maximum Gasteiger partial charge on any atom is 0.295 e. The number of Topliss-reactive ketones (excluding diaryl/α,β-unsaturated/α-hetero) is 1. The monoisotopic (exact) mass is 510 g/mol. The maximum atomic E-state index is 13.4. The second-order valence-corrected chi connectivity index (χ2v) is 8.97. The van der Waals surface area contributed by atoms with Crippen LogP contribution in [0.25, 0.3) is 5.76 Å². The van der Waals surface area contributed by atoms with Crippen molar-refractivity contribution in [1.82, 2.24) is 9.80 Å². The number of morpholine rings is 1. The number of amides is 1. The molecule has 0 radical (unpaired) electrons. The first-order valence-electron chi connectivity index (χ1n) is 12.4. The van der Waals surface area contributed by atoms with E-state index in [0.29, 0.717) is 61.3 Å². The highest BCUT2D eigenvalue weighted by atomic mass is 16.5. The molecule has 9 nitrogen and oxygen atoms in total. The summed E-state index contributed by atoms with van der Waals surface area (Å²) in [6.45, 7) is 7.93. The van der Waals surface area contributed by atoms with Gasteiger partial charge < -0.3 is 29.0 Å². The summed E-state index contributed by atoms with van der Waals surface area (Å²) < 4.78 is 21.9. The Labute approximate surface area is 217 Å². The molecule has 2 fully saturated rings. The zero-order valence-corrected chi connectivity index (χ0v) is 21.8. The average molecular weight is 511 g/mol. The highest BCUT2D eigenvalue weighted by Crippen LogP contribution is 2.42. The summed E-state index contributed by atoms with van der Waals surface area (Å²) in [6.07, 6.45) is 0. The number of likely N-dealkylation sites (tertiary alicyclic amines) is 1. The molecule has 37 heavy (non-hydrogen) atoms. The predicted octanol–water partition coefficient (Wildman–Crippen LogP) is 3.16. The molecule has 4 rings (SSSR count). The highest BCUT2D eigenvalue weighted by molar-refractivity contribution is 6.46. The van der Waals surface area contributed by atoms with E-state index in [1.807, 2.05) is 13.8 Å². The minimum absolute atomic E-state index is 0.0476. The van der Waals surface area contributed by atoms with Gasteiger partial charge in [-0.15, -0.1) is 0 Å². The number of methoxy groups -OCH3 is 2. The summed E-state index contributed by atoms with van der Waals surface area (Å²) in [5.41, 5.74) is 1.89. The normalized spacial score (nSPS) is 19.8. The number of benzene rings is 2. The van der Waals surface area contributed by atoms with Crippen molar-refractivity contribution in [3.63, 3.8) is 0 Å². The third kappa shape index (κ3) is 5.42. The first-order valence-corrected chi connectivity index (χ1v) is 12.4. The van der Waals surface area contributed by atoms with E-state index in [1.165, 1.54) is 12.0 Å². The molecule has 2 saturated heterocycles. The van der Waals surface area contributed by atoms with E-state index in [9.17, 15) is 14.7 Å². The number of carbonyl (C=O) groups is 2. The van der Waals surface area contributed by atoms with Crippen molar-refractivity contribution < 1.29 is 33.6 Å². The van der Waals surface area contributed by atoms with E-state index < -0.39 is 17.7 Å². The number of hydrogen-bond donors (Lipinski definition) is 1. The van der Waals surface area contributed by atoms with Crippen LogP contribution in [0.15, 0.2) is 42.0 Å². The van der Waals surface area contributed by atoms with Crippen LogP contribution in [0.2, 0.25) is 0 Å². The molecule has 2 aromatic carbocycles. The van der Waals surface area contributed by atoms with Gasteiger partial charge >= 0.3 is 0 Å². The Balaban J connectivity index is 1.79. The van der Waals surface area contributed by atoms with Gasteiger partial charge in [0.05, 0.1) is 45.7 Å². The van der Waals surface area contributed by atoms with Crippen LogP contribution in [0.3, 0.4) is 0 Å². The molecule has 2 aliphatic heterocycles. The molecular formula is C28H34N2O7. The smallest absolute Gasteiger partial charge is 0.295 e. The quantitative estimate of drug-likeness (QED) is 0.312. The lowest BCUT2D eigenvalue weighted by Crippen LogP contribution is -2.42. The number of aliphatic hydroxyl groups is 1. The predicted molar refractivity (Wildman–Crippen MR) is 138 cm³/mol. The fourth-order valence-electron chi connectivity index (χ4n) is 4.86. The number of carbonyl (C=O) groups excluding carboxylic acids is 2. The number of aliphatic hydroxyl groups excluding tert-OH is 1. The first-order chi connectivity index (χ1) is 17.9. The van der Waals surface area contributed by atoms with Crippen LogP contribution in [0.1, 0.15) is 29.7 Å². The van der Waals surface area contributed by atoms with Crippen molar-refractivity contribution >= 4 is 17.4 Å². The van der Waals surface area contributed by atoms with Crippen LogP contribution in [-0.4, -0.2) is 86.8 Å². The Morgan fingerprint density at radius 2 is 1.76 bits per heavy atom. The Morgan fingerprint density at radius 1 is 1.03 bits per heavy atom. The minimum atomic E-state index is -0.785. The van der Waals surface area contributed by atoms with E-state index >= 15 is 0 Å². The van der Waals surface area contributed by atoms with Crippen molar-refractivity contribution in [3.8, 4) is 17.2 Å². The maximum absolute atomic E-state index is 13.4. The lowest BCUT2D eigenvalue weighted by Gasteiger charge is -2.31. The first kappa shape index (κ1) is 26.5. The number of hydrogen-bond acceptors (Lipinski definition) is 8. The van der Waals surface area contributed by atoms with E-state index in [4.69, 9.17) is 18.9 Å². The number of ketones is 1. The molecule has 0 unspecified atom stereocenters. The van der Waals surface area contributed by atoms with E-state index in [-0.39, 0.29) is 11.3 Å². The third-order valence-corrected chi connectivity index (χ3v) is 6.79. The second-order valence-electron chi connectivity index (χ2n) is 8.97. The summed E-state index contributed by atoms with van der Waals surface area (Å²) in [5, 5.41) is 11.5. The van der Waals surface area contributed by atoms with Crippen LogP contribution < -0.4 is 14.2 Å². The summed E-state index contributed by atoms with van der Waals surface area (Å²) in [4.78, 5) is 30.5. The van der Waals surface area contributed by atoms with Gasteiger partial charge in [-0.2, -0.15) is 0 Å². The molecule has 0 saturated carbocycles. The van der Waals surface area contributed by atoms with Gasteiger partial charge in [-0.05, 0) is 55.3 Å². The number of ether oxygens (including phenoxy) is 4. The lowest BCUT2D eigenvalue weighted by atomic mass is 9.93. The fourth-order valence-corrected chi connectivity index (χ4v) is 4.86. The van der Waals surface area contributed by atoms with Gasteiger partial charge in [0.1, 0.15) is 11.5 Å². The van der Waals surface area contributed by atoms with Crippen LogP contribution >= 0.6 is 0 Å². The van der Waals surface area contributed by atoms with Crippen molar-refractivity contribution in [1.29, 1.82) is 0 Å². The molecule has 0 spiro atoms. The Kier molecular flexibility index (Phi) is 8.35. The number of nitrogens with zero attached hydrogens (tertiary/aromatic N) is 2. The van der Waals surface area contributed by atoms with Gasteiger partial charge in [0.2, 0.25) is 0 Å². The molecule has 0 aromatic heterocycles. The van der Waals surface area contributed by atoms with Gasteiger partial charge in [0.15, 0.2) is 11.5 Å². The van der Waals surface area contributed by atoms with Crippen molar-refractivity contribution in [3.05, 3.63) is 58.7 Å². The molecule has 1 amide bonds. The van der Waals surface area contributed by atoms with Crippen molar-refractivity contribution in [2.45, 2.75) is 19.9 Å². The van der Waals surface area contributed by atoms with Crippen molar-refractivity contribution in [2.24, 2.45) is 0 Å².